The average molecular weight is 443 g/mol. The van der Waals surface area contributed by atoms with Gasteiger partial charge in [0.05, 0.1) is 23.8 Å². The van der Waals surface area contributed by atoms with Crippen molar-refractivity contribution in [2.45, 2.75) is 13.0 Å². The Bertz CT molecular complexity index is 1420. The van der Waals surface area contributed by atoms with Crippen LogP contribution in [-0.2, 0) is 16.1 Å². The van der Waals surface area contributed by atoms with Crippen LogP contribution in [0.4, 0.5) is 0 Å². The fraction of sp³-hybridized carbons (Fsp3) is 0.231. The highest BCUT2D eigenvalue weighted by atomic mass is 16.5. The molecule has 7 nitrogen and oxygen atoms in total. The summed E-state index contributed by atoms with van der Waals surface area (Å²) in [5, 5.41) is 4.31. The topological polar surface area (TPSA) is 79.4 Å². The number of rotatable bonds is 7. The number of H-pyrrole nitrogens is 1. The number of carbonyl (C=O) groups is 2. The van der Waals surface area contributed by atoms with Crippen molar-refractivity contribution in [1.29, 1.82) is 0 Å². The molecule has 33 heavy (non-hydrogen) atoms. The lowest BCUT2D eigenvalue weighted by molar-refractivity contribution is -0.122. The molecule has 0 aliphatic carbocycles. The Balaban J connectivity index is 1.74. The van der Waals surface area contributed by atoms with Crippen molar-refractivity contribution in [2.75, 3.05) is 27.7 Å². The Morgan fingerprint density at radius 3 is 2.42 bits per heavy atom. The molecule has 0 saturated carbocycles. The van der Waals surface area contributed by atoms with E-state index >= 15 is 0 Å². The smallest absolute Gasteiger partial charge is 0.259 e. The maximum absolute atomic E-state index is 13.1. The van der Waals surface area contributed by atoms with Gasteiger partial charge in [-0.2, -0.15) is 0 Å². The van der Waals surface area contributed by atoms with Crippen LogP contribution < -0.4 is 10.1 Å². The SMILES string of the molecule is COc1cccc2c(C3=C(c4c[nH]c5ccccc45)C(=O)NC3=O)cn(CCCN(C)C)c12. The molecular formula is C26H26N4O3. The van der Waals surface area contributed by atoms with Crippen LogP contribution in [0.25, 0.3) is 33.0 Å². The van der Waals surface area contributed by atoms with E-state index in [0.29, 0.717) is 11.1 Å². The number of methoxy groups -OCH3 is 1. The third-order valence-electron chi connectivity index (χ3n) is 6.14. The summed E-state index contributed by atoms with van der Waals surface area (Å²) in [7, 11) is 5.74. The van der Waals surface area contributed by atoms with Gasteiger partial charge in [0.2, 0.25) is 0 Å². The molecule has 1 aliphatic heterocycles. The number of aromatic amines is 1. The van der Waals surface area contributed by atoms with Crippen molar-refractivity contribution in [3.05, 3.63) is 66.0 Å². The Hall–Kier alpha value is -3.84. The Labute approximate surface area is 191 Å². The highest BCUT2D eigenvalue weighted by Gasteiger charge is 2.35. The molecular weight excluding hydrogens is 416 g/mol. The summed E-state index contributed by atoms with van der Waals surface area (Å²) in [4.78, 5) is 31.4. The first-order valence-electron chi connectivity index (χ1n) is 11.0. The molecule has 0 spiro atoms. The predicted octanol–water partition coefficient (Wildman–Crippen LogP) is 3.65. The van der Waals surface area contributed by atoms with E-state index in [1.807, 2.05) is 62.8 Å². The van der Waals surface area contributed by atoms with Crippen molar-refractivity contribution in [3.63, 3.8) is 0 Å². The number of ether oxygens (including phenoxy) is 1. The lowest BCUT2D eigenvalue weighted by Crippen LogP contribution is -2.22. The second kappa shape index (κ2) is 8.26. The molecule has 4 aromatic rings. The summed E-state index contributed by atoms with van der Waals surface area (Å²) in [5.74, 6) is -0.0193. The Morgan fingerprint density at radius 1 is 0.939 bits per heavy atom. The van der Waals surface area contributed by atoms with E-state index in [9.17, 15) is 9.59 Å². The van der Waals surface area contributed by atoms with Crippen molar-refractivity contribution >= 4 is 44.8 Å². The van der Waals surface area contributed by atoms with Crippen molar-refractivity contribution in [2.24, 2.45) is 0 Å². The van der Waals surface area contributed by atoms with Gasteiger partial charge in [0.25, 0.3) is 11.8 Å². The number of carbonyl (C=O) groups excluding carboxylic acids is 2. The quantitative estimate of drug-likeness (QED) is 0.428. The van der Waals surface area contributed by atoms with E-state index in [1.165, 1.54) is 0 Å². The number of nitrogens with one attached hydrogen (secondary N) is 2. The maximum atomic E-state index is 13.1. The van der Waals surface area contributed by atoms with E-state index in [0.717, 1.165) is 58.2 Å². The molecule has 0 unspecified atom stereocenters. The number of imide groups is 1. The van der Waals surface area contributed by atoms with Gasteiger partial charge in [0.1, 0.15) is 5.75 Å². The predicted molar refractivity (Wildman–Crippen MR) is 130 cm³/mol. The normalized spacial score (nSPS) is 14.2. The number of nitrogens with zero attached hydrogens (tertiary/aromatic N) is 2. The van der Waals surface area contributed by atoms with E-state index in [2.05, 4.69) is 19.8 Å². The number of hydrogen-bond acceptors (Lipinski definition) is 4. The summed E-state index contributed by atoms with van der Waals surface area (Å²) < 4.78 is 7.78. The van der Waals surface area contributed by atoms with Gasteiger partial charge < -0.3 is 19.2 Å². The average Bonchev–Trinajstić information content (AvgIpc) is 3.46. The van der Waals surface area contributed by atoms with E-state index in [-0.39, 0.29) is 11.8 Å². The second-order valence-electron chi connectivity index (χ2n) is 8.53. The second-order valence-corrected chi connectivity index (χ2v) is 8.53. The zero-order valence-corrected chi connectivity index (χ0v) is 18.9. The minimum Gasteiger partial charge on any atom is -0.495 e. The first kappa shape index (κ1) is 21.0. The van der Waals surface area contributed by atoms with Gasteiger partial charge in [-0.3, -0.25) is 14.9 Å². The zero-order valence-electron chi connectivity index (χ0n) is 18.9. The summed E-state index contributed by atoms with van der Waals surface area (Å²) in [6.07, 6.45) is 4.72. The molecule has 2 N–H and O–H groups in total. The summed E-state index contributed by atoms with van der Waals surface area (Å²) in [6, 6.07) is 13.6. The molecule has 2 aromatic carbocycles. The van der Waals surface area contributed by atoms with Gasteiger partial charge in [-0.15, -0.1) is 0 Å². The van der Waals surface area contributed by atoms with Crippen LogP contribution >= 0.6 is 0 Å². The largest absolute Gasteiger partial charge is 0.495 e. The van der Waals surface area contributed by atoms with Crippen molar-refractivity contribution in [3.8, 4) is 5.75 Å². The monoisotopic (exact) mass is 442 g/mol. The van der Waals surface area contributed by atoms with Gasteiger partial charge in [0, 0.05) is 46.4 Å². The van der Waals surface area contributed by atoms with Crippen LogP contribution in [0.3, 0.4) is 0 Å². The minimum atomic E-state index is -0.379. The number of para-hydroxylation sites is 2. The van der Waals surface area contributed by atoms with Crippen LogP contribution in [0.15, 0.2) is 54.9 Å². The summed E-state index contributed by atoms with van der Waals surface area (Å²) in [6.45, 7) is 1.70. The van der Waals surface area contributed by atoms with Crippen molar-refractivity contribution in [1.82, 2.24) is 19.8 Å². The Morgan fingerprint density at radius 2 is 1.67 bits per heavy atom. The molecule has 168 valence electrons. The molecule has 2 aromatic heterocycles. The number of aromatic nitrogens is 2. The van der Waals surface area contributed by atoms with Crippen LogP contribution in [0.1, 0.15) is 17.5 Å². The van der Waals surface area contributed by atoms with E-state index in [4.69, 9.17) is 4.74 Å². The zero-order chi connectivity index (χ0) is 23.1. The van der Waals surface area contributed by atoms with Crippen LogP contribution in [0, 0.1) is 0 Å². The molecule has 0 fully saturated rings. The number of fused-ring (bicyclic) bond motifs is 2. The third kappa shape index (κ3) is 3.50. The lowest BCUT2D eigenvalue weighted by atomic mass is 9.95. The standard InChI is InChI=1S/C26H26N4O3/c1-29(2)12-7-13-30-15-19(17-9-6-11-21(33-3)24(17)30)23-22(25(31)28-26(23)32)18-14-27-20-10-5-4-8-16(18)20/h4-6,8-11,14-15,27H,7,12-13H2,1-3H3,(H,28,31,32). The van der Waals surface area contributed by atoms with Crippen molar-refractivity contribution < 1.29 is 14.3 Å². The van der Waals surface area contributed by atoms with Crippen LogP contribution in [0.2, 0.25) is 0 Å². The van der Waals surface area contributed by atoms with Gasteiger partial charge in [-0.05, 0) is 39.2 Å². The number of aryl methyl sites for hydroxylation is 1. The molecule has 0 bridgehead atoms. The molecule has 5 rings (SSSR count). The first-order chi connectivity index (χ1) is 16.0. The molecule has 2 amide bonds. The van der Waals surface area contributed by atoms with Crippen LogP contribution in [0.5, 0.6) is 5.75 Å². The molecule has 3 heterocycles. The highest BCUT2D eigenvalue weighted by Crippen LogP contribution is 2.40. The molecule has 0 radical (unpaired) electrons. The number of benzene rings is 2. The van der Waals surface area contributed by atoms with Gasteiger partial charge in [-0.25, -0.2) is 0 Å². The van der Waals surface area contributed by atoms with Gasteiger partial charge in [0.15, 0.2) is 0 Å². The molecule has 1 aliphatic rings. The first-order valence-corrected chi connectivity index (χ1v) is 11.0. The summed E-state index contributed by atoms with van der Waals surface area (Å²) in [5.41, 5.74) is 4.09. The van der Waals surface area contributed by atoms with Gasteiger partial charge >= 0.3 is 0 Å². The van der Waals surface area contributed by atoms with E-state index < -0.39 is 0 Å². The molecule has 0 saturated heterocycles. The maximum Gasteiger partial charge on any atom is 0.259 e. The minimum absolute atomic E-state index is 0.379. The molecule has 7 heteroatoms. The number of amides is 2. The van der Waals surface area contributed by atoms with Gasteiger partial charge in [-0.1, -0.05) is 30.3 Å². The fourth-order valence-corrected chi connectivity index (χ4v) is 4.67. The third-order valence-corrected chi connectivity index (χ3v) is 6.14. The summed E-state index contributed by atoms with van der Waals surface area (Å²) >= 11 is 0. The van der Waals surface area contributed by atoms with Crippen LogP contribution in [-0.4, -0.2) is 54.0 Å². The highest BCUT2D eigenvalue weighted by molar-refractivity contribution is 6.50. The number of hydrogen-bond donors (Lipinski definition) is 2. The fourth-order valence-electron chi connectivity index (χ4n) is 4.67. The lowest BCUT2D eigenvalue weighted by Gasteiger charge is -2.11. The molecule has 0 atom stereocenters. The Kier molecular flexibility index (Phi) is 5.26. The van der Waals surface area contributed by atoms with E-state index in [1.54, 1.807) is 13.3 Å².